The van der Waals surface area contributed by atoms with Crippen molar-refractivity contribution in [2.24, 2.45) is 0 Å². The summed E-state index contributed by atoms with van der Waals surface area (Å²) in [5.41, 5.74) is 1.83. The molecule has 0 fully saturated rings. The van der Waals surface area contributed by atoms with Crippen LogP contribution in [0.3, 0.4) is 0 Å². The molecule has 0 aliphatic carbocycles. The highest BCUT2D eigenvalue weighted by Crippen LogP contribution is 2.30. The minimum absolute atomic E-state index is 0.102. The van der Waals surface area contributed by atoms with Gasteiger partial charge in [0, 0.05) is 11.0 Å². The van der Waals surface area contributed by atoms with E-state index in [4.69, 9.17) is 14.2 Å². The lowest BCUT2D eigenvalue weighted by molar-refractivity contribution is 0.354. The molecule has 0 saturated heterocycles. The maximum atomic E-state index is 12.6. The fourth-order valence-corrected chi connectivity index (χ4v) is 4.15. The van der Waals surface area contributed by atoms with Gasteiger partial charge in [0.05, 0.1) is 21.3 Å². The van der Waals surface area contributed by atoms with Crippen molar-refractivity contribution in [2.75, 3.05) is 27.9 Å². The van der Waals surface area contributed by atoms with Gasteiger partial charge in [0.2, 0.25) is 10.0 Å². The van der Waals surface area contributed by atoms with Crippen molar-refractivity contribution in [3.63, 3.8) is 0 Å². The third kappa shape index (κ3) is 4.69. The van der Waals surface area contributed by atoms with Crippen LogP contribution in [0.1, 0.15) is 11.1 Å². The summed E-state index contributed by atoms with van der Waals surface area (Å²) in [7, 11) is 0.877. The first-order valence-electron chi connectivity index (χ1n) is 7.87. The van der Waals surface area contributed by atoms with Crippen LogP contribution < -0.4 is 18.9 Å². The molecule has 2 aromatic carbocycles. The second-order valence-corrected chi connectivity index (χ2v) is 8.18. The Hall–Kier alpha value is -1.77. The summed E-state index contributed by atoms with van der Waals surface area (Å²) in [6, 6.07) is 8.73. The molecule has 0 amide bonds. The molecule has 0 aromatic heterocycles. The van der Waals surface area contributed by atoms with E-state index in [9.17, 15) is 8.42 Å². The Morgan fingerprint density at radius 2 is 1.62 bits per heavy atom. The molecule has 0 atom stereocenters. The van der Waals surface area contributed by atoms with E-state index in [0.29, 0.717) is 28.1 Å². The lowest BCUT2D eigenvalue weighted by Gasteiger charge is -2.13. The lowest BCUT2D eigenvalue weighted by Crippen LogP contribution is -2.26. The minimum atomic E-state index is -3.70. The maximum absolute atomic E-state index is 12.6. The van der Waals surface area contributed by atoms with Gasteiger partial charge in [-0.1, -0.05) is 22.0 Å². The third-order valence-corrected chi connectivity index (χ3v) is 6.22. The predicted octanol–water partition coefficient (Wildman–Crippen LogP) is 3.30. The largest absolute Gasteiger partial charge is 0.495 e. The number of sulfonamides is 1. The van der Waals surface area contributed by atoms with Crippen LogP contribution in [0.2, 0.25) is 0 Å². The van der Waals surface area contributed by atoms with Crippen LogP contribution in [0.15, 0.2) is 39.7 Å². The molecule has 0 bridgehead atoms. The zero-order valence-electron chi connectivity index (χ0n) is 15.1. The highest BCUT2D eigenvalue weighted by Gasteiger charge is 2.20. The Kier molecular flexibility index (Phi) is 6.91. The molecule has 142 valence electrons. The van der Waals surface area contributed by atoms with Crippen LogP contribution in [0.4, 0.5) is 0 Å². The molecule has 0 heterocycles. The van der Waals surface area contributed by atoms with E-state index >= 15 is 0 Å². The van der Waals surface area contributed by atoms with Crippen LogP contribution in [-0.4, -0.2) is 36.3 Å². The predicted molar refractivity (Wildman–Crippen MR) is 104 cm³/mol. The number of rotatable bonds is 8. The Labute approximate surface area is 162 Å². The highest BCUT2D eigenvalue weighted by atomic mass is 79.9. The molecular weight excluding hydrogens is 422 g/mol. The molecule has 0 saturated carbocycles. The maximum Gasteiger partial charge on any atom is 0.244 e. The molecule has 8 heteroatoms. The number of hydrogen-bond acceptors (Lipinski definition) is 5. The minimum Gasteiger partial charge on any atom is -0.495 e. The fourth-order valence-electron chi connectivity index (χ4n) is 2.45. The van der Waals surface area contributed by atoms with Gasteiger partial charge in [-0.25, -0.2) is 13.1 Å². The summed E-state index contributed by atoms with van der Waals surface area (Å²) in [4.78, 5) is 0.102. The number of halogens is 1. The summed E-state index contributed by atoms with van der Waals surface area (Å²) in [6.45, 7) is 2.11. The fraction of sp³-hybridized carbons (Fsp3) is 0.333. The molecule has 0 aliphatic rings. The highest BCUT2D eigenvalue weighted by molar-refractivity contribution is 9.10. The third-order valence-electron chi connectivity index (χ3n) is 3.89. The van der Waals surface area contributed by atoms with Crippen LogP contribution in [0.5, 0.6) is 17.2 Å². The number of aryl methyl sites for hydroxylation is 1. The Morgan fingerprint density at radius 3 is 2.23 bits per heavy atom. The first kappa shape index (κ1) is 20.5. The number of nitrogens with one attached hydrogen (secondary N) is 1. The molecular formula is C18H22BrNO5S. The number of methoxy groups -OCH3 is 3. The quantitative estimate of drug-likeness (QED) is 0.677. The van der Waals surface area contributed by atoms with Gasteiger partial charge in [0.25, 0.3) is 0 Å². The molecule has 0 radical (unpaired) electrons. The second-order valence-electron chi connectivity index (χ2n) is 5.59. The van der Waals surface area contributed by atoms with Crippen molar-refractivity contribution in [1.29, 1.82) is 0 Å². The average molecular weight is 444 g/mol. The van der Waals surface area contributed by atoms with Crippen molar-refractivity contribution >= 4 is 26.0 Å². The SMILES string of the molecule is COc1ccc(CCNS(=O)(=O)c2cc(Br)c(C)cc2OC)cc1OC. The van der Waals surface area contributed by atoms with Crippen LogP contribution >= 0.6 is 15.9 Å². The first-order valence-corrected chi connectivity index (χ1v) is 10.1. The second kappa shape index (κ2) is 8.75. The Balaban J connectivity index is 2.13. The first-order chi connectivity index (χ1) is 12.3. The smallest absolute Gasteiger partial charge is 0.244 e. The molecule has 0 aliphatic heterocycles. The zero-order chi connectivity index (χ0) is 19.3. The van der Waals surface area contributed by atoms with Gasteiger partial charge in [0.1, 0.15) is 10.6 Å². The van der Waals surface area contributed by atoms with Crippen molar-refractivity contribution < 1.29 is 22.6 Å². The Morgan fingerprint density at radius 1 is 0.962 bits per heavy atom. The van der Waals surface area contributed by atoms with Gasteiger partial charge in [-0.2, -0.15) is 0 Å². The van der Waals surface area contributed by atoms with Crippen LogP contribution in [0, 0.1) is 6.92 Å². The van der Waals surface area contributed by atoms with Crippen LogP contribution in [0.25, 0.3) is 0 Å². The summed E-state index contributed by atoms with van der Waals surface area (Å²) in [5, 5.41) is 0. The molecule has 0 unspecified atom stereocenters. The van der Waals surface area contributed by atoms with E-state index in [1.165, 1.54) is 7.11 Å². The van der Waals surface area contributed by atoms with Gasteiger partial charge in [0.15, 0.2) is 11.5 Å². The van der Waals surface area contributed by atoms with E-state index in [1.54, 1.807) is 32.4 Å². The number of ether oxygens (including phenoxy) is 3. The van der Waals surface area contributed by atoms with Crippen LogP contribution in [-0.2, 0) is 16.4 Å². The molecule has 2 aromatic rings. The average Bonchev–Trinajstić information content (AvgIpc) is 2.63. The van der Waals surface area contributed by atoms with E-state index in [2.05, 4.69) is 20.7 Å². The molecule has 1 N–H and O–H groups in total. The monoisotopic (exact) mass is 443 g/mol. The van der Waals surface area contributed by atoms with Gasteiger partial charge in [-0.3, -0.25) is 0 Å². The zero-order valence-corrected chi connectivity index (χ0v) is 17.5. The normalized spacial score (nSPS) is 11.3. The van der Waals surface area contributed by atoms with Gasteiger partial charge < -0.3 is 14.2 Å². The van der Waals surface area contributed by atoms with Gasteiger partial charge in [-0.15, -0.1) is 0 Å². The molecule has 26 heavy (non-hydrogen) atoms. The van der Waals surface area contributed by atoms with Gasteiger partial charge in [-0.05, 0) is 48.7 Å². The van der Waals surface area contributed by atoms with E-state index in [-0.39, 0.29) is 11.4 Å². The van der Waals surface area contributed by atoms with Crippen molar-refractivity contribution in [3.8, 4) is 17.2 Å². The molecule has 0 spiro atoms. The standard InChI is InChI=1S/C18H22BrNO5S/c1-12-9-17(25-4)18(11-14(12)19)26(21,22)20-8-7-13-5-6-15(23-2)16(10-13)24-3/h5-6,9-11,20H,7-8H2,1-4H3. The lowest BCUT2D eigenvalue weighted by atomic mass is 10.1. The van der Waals surface area contributed by atoms with Crippen molar-refractivity contribution in [2.45, 2.75) is 18.2 Å². The summed E-state index contributed by atoms with van der Waals surface area (Å²) in [5.74, 6) is 1.55. The van der Waals surface area contributed by atoms with E-state index in [0.717, 1.165) is 11.1 Å². The summed E-state index contributed by atoms with van der Waals surface area (Å²) in [6.07, 6.45) is 0.509. The number of hydrogen-bond donors (Lipinski definition) is 1. The topological polar surface area (TPSA) is 73.9 Å². The van der Waals surface area contributed by atoms with Gasteiger partial charge >= 0.3 is 0 Å². The Bertz CT molecular complexity index is 883. The molecule has 2 rings (SSSR count). The van der Waals surface area contributed by atoms with E-state index < -0.39 is 10.0 Å². The summed E-state index contributed by atoms with van der Waals surface area (Å²) < 4.78 is 44.3. The summed E-state index contributed by atoms with van der Waals surface area (Å²) >= 11 is 3.36. The van der Waals surface area contributed by atoms with E-state index in [1.807, 2.05) is 19.1 Å². The van der Waals surface area contributed by atoms with Crippen molar-refractivity contribution in [3.05, 3.63) is 45.9 Å². The number of benzene rings is 2. The molecule has 6 nitrogen and oxygen atoms in total. The van der Waals surface area contributed by atoms with Crippen molar-refractivity contribution in [1.82, 2.24) is 4.72 Å².